The molecule has 1 aliphatic heterocycles. The number of ether oxygens (including phenoxy) is 1. The van der Waals surface area contributed by atoms with Gasteiger partial charge in [0.1, 0.15) is 12.1 Å². The fraction of sp³-hybridized carbons (Fsp3) is 0.450. The second kappa shape index (κ2) is 8.42. The van der Waals surface area contributed by atoms with E-state index < -0.39 is 0 Å². The lowest BCUT2D eigenvalue weighted by molar-refractivity contribution is -0.130. The molecular weight excluding hydrogens is 370 g/mol. The van der Waals surface area contributed by atoms with Crippen LogP contribution in [0, 0.1) is 0 Å². The van der Waals surface area contributed by atoms with Gasteiger partial charge in [0.15, 0.2) is 17.0 Å². The fourth-order valence-electron chi connectivity index (χ4n) is 3.55. The SMILES string of the molecule is CCOc1ccc(CC(=O)N2CCN(c3ncnc4c3nnn4CC)CC2)cc1. The number of anilines is 1. The van der Waals surface area contributed by atoms with Gasteiger partial charge in [0.2, 0.25) is 5.91 Å². The van der Waals surface area contributed by atoms with Crippen molar-refractivity contribution in [2.45, 2.75) is 26.8 Å². The topological polar surface area (TPSA) is 89.3 Å². The van der Waals surface area contributed by atoms with Crippen LogP contribution in [0.15, 0.2) is 30.6 Å². The predicted molar refractivity (Wildman–Crippen MR) is 109 cm³/mol. The Bertz CT molecular complexity index is 978. The Morgan fingerprint density at radius 1 is 1.07 bits per heavy atom. The van der Waals surface area contributed by atoms with Crippen molar-refractivity contribution in [3.8, 4) is 5.75 Å². The van der Waals surface area contributed by atoms with Gasteiger partial charge in [-0.3, -0.25) is 4.79 Å². The van der Waals surface area contributed by atoms with E-state index in [0.717, 1.165) is 22.8 Å². The molecule has 1 fully saturated rings. The number of hydrogen-bond donors (Lipinski definition) is 0. The maximum Gasteiger partial charge on any atom is 0.227 e. The molecule has 4 rings (SSSR count). The van der Waals surface area contributed by atoms with Crippen molar-refractivity contribution in [3.63, 3.8) is 0 Å². The quantitative estimate of drug-likeness (QED) is 0.625. The summed E-state index contributed by atoms with van der Waals surface area (Å²) in [5.74, 6) is 1.75. The van der Waals surface area contributed by atoms with Crippen molar-refractivity contribution in [2.75, 3.05) is 37.7 Å². The number of nitrogens with zero attached hydrogens (tertiary/aromatic N) is 7. The molecular formula is C20H25N7O2. The second-order valence-electron chi connectivity index (χ2n) is 6.90. The number of amides is 1. The first kappa shape index (κ1) is 19.1. The molecule has 152 valence electrons. The van der Waals surface area contributed by atoms with E-state index in [1.165, 1.54) is 0 Å². The first-order valence-corrected chi connectivity index (χ1v) is 9.98. The molecule has 3 heterocycles. The molecule has 1 aromatic carbocycles. The van der Waals surface area contributed by atoms with Gasteiger partial charge in [0.25, 0.3) is 0 Å². The highest BCUT2D eigenvalue weighted by Gasteiger charge is 2.24. The maximum atomic E-state index is 12.7. The number of aromatic nitrogens is 5. The minimum absolute atomic E-state index is 0.138. The van der Waals surface area contributed by atoms with Crippen molar-refractivity contribution in [1.29, 1.82) is 0 Å². The standard InChI is InChI=1S/C20H25N7O2/c1-3-27-20-18(23-24-27)19(21-14-22-20)26-11-9-25(10-12-26)17(28)13-15-5-7-16(8-6-15)29-4-2/h5-8,14H,3-4,9-13H2,1-2H3. The van der Waals surface area contributed by atoms with Crippen LogP contribution in [0.1, 0.15) is 19.4 Å². The van der Waals surface area contributed by atoms with Gasteiger partial charge >= 0.3 is 0 Å². The van der Waals surface area contributed by atoms with Crippen LogP contribution in [0.2, 0.25) is 0 Å². The van der Waals surface area contributed by atoms with Crippen molar-refractivity contribution in [3.05, 3.63) is 36.2 Å². The molecule has 2 aromatic heterocycles. The lowest BCUT2D eigenvalue weighted by Crippen LogP contribution is -2.49. The van der Waals surface area contributed by atoms with Crippen LogP contribution in [-0.2, 0) is 17.8 Å². The van der Waals surface area contributed by atoms with Crippen LogP contribution in [0.25, 0.3) is 11.2 Å². The summed E-state index contributed by atoms with van der Waals surface area (Å²) in [6.45, 7) is 8.03. The van der Waals surface area contributed by atoms with Gasteiger partial charge in [0, 0.05) is 32.7 Å². The van der Waals surface area contributed by atoms with Crippen molar-refractivity contribution in [2.24, 2.45) is 0 Å². The van der Waals surface area contributed by atoms with Crippen molar-refractivity contribution < 1.29 is 9.53 Å². The number of benzene rings is 1. The molecule has 9 nitrogen and oxygen atoms in total. The molecule has 0 unspecified atom stereocenters. The van der Waals surface area contributed by atoms with Gasteiger partial charge in [-0.05, 0) is 31.5 Å². The van der Waals surface area contributed by atoms with E-state index in [4.69, 9.17) is 4.74 Å². The van der Waals surface area contributed by atoms with Crippen LogP contribution >= 0.6 is 0 Å². The second-order valence-corrected chi connectivity index (χ2v) is 6.90. The lowest BCUT2D eigenvalue weighted by atomic mass is 10.1. The van der Waals surface area contributed by atoms with Gasteiger partial charge < -0.3 is 14.5 Å². The van der Waals surface area contributed by atoms with Crippen LogP contribution in [0.5, 0.6) is 5.75 Å². The van der Waals surface area contributed by atoms with Gasteiger partial charge in [0.05, 0.1) is 13.0 Å². The number of carbonyl (C=O) groups is 1. The number of aryl methyl sites for hydroxylation is 1. The Morgan fingerprint density at radius 2 is 1.83 bits per heavy atom. The third-order valence-corrected chi connectivity index (χ3v) is 5.10. The van der Waals surface area contributed by atoms with Gasteiger partial charge in [-0.25, -0.2) is 14.6 Å². The number of hydrogen-bond acceptors (Lipinski definition) is 7. The number of fused-ring (bicyclic) bond motifs is 1. The van der Waals surface area contributed by atoms with Crippen LogP contribution in [0.3, 0.4) is 0 Å². The summed E-state index contributed by atoms with van der Waals surface area (Å²) in [6, 6.07) is 7.73. The monoisotopic (exact) mass is 395 g/mol. The molecule has 29 heavy (non-hydrogen) atoms. The van der Waals surface area contributed by atoms with Crippen LogP contribution in [0.4, 0.5) is 5.82 Å². The maximum absolute atomic E-state index is 12.7. The molecule has 3 aromatic rings. The number of rotatable bonds is 6. The number of piperazine rings is 1. The molecule has 1 aliphatic rings. The third-order valence-electron chi connectivity index (χ3n) is 5.10. The summed E-state index contributed by atoms with van der Waals surface area (Å²) >= 11 is 0. The molecule has 0 aliphatic carbocycles. The molecule has 0 atom stereocenters. The molecule has 9 heteroatoms. The smallest absolute Gasteiger partial charge is 0.227 e. The lowest BCUT2D eigenvalue weighted by Gasteiger charge is -2.35. The molecule has 0 N–H and O–H groups in total. The summed E-state index contributed by atoms with van der Waals surface area (Å²) in [6.07, 6.45) is 1.95. The average molecular weight is 395 g/mol. The summed E-state index contributed by atoms with van der Waals surface area (Å²) in [4.78, 5) is 25.5. The molecule has 0 bridgehead atoms. The summed E-state index contributed by atoms with van der Waals surface area (Å²) in [5, 5.41) is 8.39. The van der Waals surface area contributed by atoms with E-state index in [1.807, 2.05) is 43.0 Å². The van der Waals surface area contributed by atoms with E-state index in [9.17, 15) is 4.79 Å². The van der Waals surface area contributed by atoms with Crippen molar-refractivity contribution in [1.82, 2.24) is 29.9 Å². The highest BCUT2D eigenvalue weighted by atomic mass is 16.5. The molecule has 1 saturated heterocycles. The van der Waals surface area contributed by atoms with E-state index >= 15 is 0 Å². The molecule has 0 spiro atoms. The highest BCUT2D eigenvalue weighted by Crippen LogP contribution is 2.22. The largest absolute Gasteiger partial charge is 0.494 e. The highest BCUT2D eigenvalue weighted by molar-refractivity contribution is 5.83. The average Bonchev–Trinajstić information content (AvgIpc) is 3.19. The Hall–Kier alpha value is -3.23. The zero-order valence-corrected chi connectivity index (χ0v) is 16.8. The van der Waals surface area contributed by atoms with Crippen molar-refractivity contribution >= 4 is 22.9 Å². The van der Waals surface area contributed by atoms with E-state index in [1.54, 1.807) is 11.0 Å². The first-order valence-electron chi connectivity index (χ1n) is 9.98. The fourth-order valence-corrected chi connectivity index (χ4v) is 3.55. The number of carbonyl (C=O) groups excluding carboxylic acids is 1. The summed E-state index contributed by atoms with van der Waals surface area (Å²) < 4.78 is 7.21. The van der Waals surface area contributed by atoms with Crippen LogP contribution in [-0.4, -0.2) is 68.6 Å². The predicted octanol–water partition coefficient (Wildman–Crippen LogP) is 1.53. The normalized spacial score (nSPS) is 14.4. The first-order chi connectivity index (χ1) is 14.2. The van der Waals surface area contributed by atoms with Gasteiger partial charge in [-0.15, -0.1) is 5.10 Å². The summed E-state index contributed by atoms with van der Waals surface area (Å²) in [7, 11) is 0. The van der Waals surface area contributed by atoms with Crippen LogP contribution < -0.4 is 9.64 Å². The van der Waals surface area contributed by atoms with Gasteiger partial charge in [-0.2, -0.15) is 0 Å². The molecule has 0 saturated carbocycles. The Labute approximate surface area is 169 Å². The minimum atomic E-state index is 0.138. The zero-order chi connectivity index (χ0) is 20.2. The van der Waals surface area contributed by atoms with Gasteiger partial charge in [-0.1, -0.05) is 17.3 Å². The zero-order valence-electron chi connectivity index (χ0n) is 16.8. The third kappa shape index (κ3) is 3.98. The molecule has 0 radical (unpaired) electrons. The Balaban J connectivity index is 1.38. The van der Waals surface area contributed by atoms with E-state index in [0.29, 0.717) is 51.3 Å². The van der Waals surface area contributed by atoms with E-state index in [2.05, 4.69) is 25.2 Å². The Morgan fingerprint density at radius 3 is 2.52 bits per heavy atom. The summed E-state index contributed by atoms with van der Waals surface area (Å²) in [5.41, 5.74) is 2.45. The Kier molecular flexibility index (Phi) is 5.55. The minimum Gasteiger partial charge on any atom is -0.494 e. The van der Waals surface area contributed by atoms with E-state index in [-0.39, 0.29) is 5.91 Å². The molecule has 1 amide bonds.